The molecule has 0 unspecified atom stereocenters. The van der Waals surface area contributed by atoms with Gasteiger partial charge in [-0.05, 0) is 60.5 Å². The van der Waals surface area contributed by atoms with Gasteiger partial charge in [0, 0.05) is 12.6 Å². The van der Waals surface area contributed by atoms with E-state index in [1.165, 1.54) is 11.1 Å². The zero-order valence-electron chi connectivity index (χ0n) is 13.4. The first-order valence-electron chi connectivity index (χ1n) is 7.10. The Morgan fingerprint density at radius 1 is 1.16 bits per heavy atom. The van der Waals surface area contributed by atoms with Crippen LogP contribution in [-0.4, -0.2) is 23.4 Å². The Morgan fingerprint density at radius 3 is 2.26 bits per heavy atom. The van der Waals surface area contributed by atoms with Crippen LogP contribution in [0, 0.1) is 0 Å². The van der Waals surface area contributed by atoms with Crippen molar-refractivity contribution in [3.05, 3.63) is 35.5 Å². The van der Waals surface area contributed by atoms with Gasteiger partial charge in [0.15, 0.2) is 0 Å². The molecule has 0 heterocycles. The Kier molecular flexibility index (Phi) is 8.94. The number of amides is 1. The molecule has 2 heteroatoms. The highest BCUT2D eigenvalue weighted by Gasteiger charge is 2.12. The Labute approximate surface area is 118 Å². The molecule has 2 nitrogen and oxygen atoms in total. The van der Waals surface area contributed by atoms with Gasteiger partial charge in [-0.2, -0.15) is 0 Å². The fourth-order valence-corrected chi connectivity index (χ4v) is 1.74. The van der Waals surface area contributed by atoms with Gasteiger partial charge in [0.2, 0.25) is 5.91 Å². The van der Waals surface area contributed by atoms with Crippen molar-refractivity contribution in [1.29, 1.82) is 0 Å². The van der Waals surface area contributed by atoms with Crippen molar-refractivity contribution in [3.63, 3.8) is 0 Å². The van der Waals surface area contributed by atoms with Crippen LogP contribution in [0.1, 0.15) is 54.4 Å². The summed E-state index contributed by atoms with van der Waals surface area (Å²) in [7, 11) is 0. The molecular weight excluding hydrogens is 234 g/mol. The molecule has 0 aliphatic heterocycles. The molecule has 108 valence electrons. The lowest BCUT2D eigenvalue weighted by atomic mass is 10.1. The molecule has 1 amide bonds. The third kappa shape index (κ3) is 8.41. The van der Waals surface area contributed by atoms with Gasteiger partial charge in [-0.1, -0.05) is 29.4 Å². The Hall–Kier alpha value is -1.31. The summed E-state index contributed by atoms with van der Waals surface area (Å²) in [6.07, 6.45) is 9.99. The molecule has 0 aliphatic carbocycles. The highest BCUT2D eigenvalue weighted by atomic mass is 16.2. The molecule has 0 fully saturated rings. The average Bonchev–Trinajstić information content (AvgIpc) is 2.28. The van der Waals surface area contributed by atoms with Crippen molar-refractivity contribution in [2.75, 3.05) is 6.54 Å². The summed E-state index contributed by atoms with van der Waals surface area (Å²) in [4.78, 5) is 13.8. The monoisotopic (exact) mass is 263 g/mol. The number of nitrogens with zero attached hydrogens (tertiary/aromatic N) is 1. The number of carbonyl (C=O) groups excluding carboxylic acids is 1. The van der Waals surface area contributed by atoms with E-state index in [4.69, 9.17) is 0 Å². The number of carbonyl (C=O) groups is 1. The van der Waals surface area contributed by atoms with Crippen molar-refractivity contribution in [2.24, 2.45) is 0 Å². The quantitative estimate of drug-likeness (QED) is 0.489. The number of rotatable bonds is 7. The van der Waals surface area contributed by atoms with Gasteiger partial charge in [0.05, 0.1) is 0 Å². The molecule has 0 rings (SSSR count). The van der Waals surface area contributed by atoms with Gasteiger partial charge in [-0.15, -0.1) is 0 Å². The van der Waals surface area contributed by atoms with E-state index in [0.29, 0.717) is 6.54 Å². The molecule has 0 atom stereocenters. The SMILES string of the molecule is C/C=C/C(=O)N(C/C=C(/C)CCC=C(C)C)C(C)C. The number of allylic oxidation sites excluding steroid dienone is 4. The maximum atomic E-state index is 11.9. The van der Waals surface area contributed by atoms with E-state index in [0.717, 1.165) is 12.8 Å². The topological polar surface area (TPSA) is 20.3 Å². The maximum Gasteiger partial charge on any atom is 0.246 e. The molecule has 0 bridgehead atoms. The lowest BCUT2D eigenvalue weighted by Gasteiger charge is -2.24. The van der Waals surface area contributed by atoms with Gasteiger partial charge >= 0.3 is 0 Å². The molecule has 0 spiro atoms. The first-order chi connectivity index (χ1) is 8.88. The summed E-state index contributed by atoms with van der Waals surface area (Å²) in [5, 5.41) is 0. The van der Waals surface area contributed by atoms with Crippen molar-refractivity contribution in [2.45, 2.75) is 60.4 Å². The first-order valence-corrected chi connectivity index (χ1v) is 7.10. The Balaban J connectivity index is 4.45. The molecular formula is C17H29NO. The lowest BCUT2D eigenvalue weighted by Crippen LogP contribution is -2.35. The molecule has 0 saturated carbocycles. The fourth-order valence-electron chi connectivity index (χ4n) is 1.74. The second kappa shape index (κ2) is 9.60. The van der Waals surface area contributed by atoms with Crippen LogP contribution >= 0.6 is 0 Å². The minimum atomic E-state index is 0.0887. The van der Waals surface area contributed by atoms with Crippen LogP contribution in [0.4, 0.5) is 0 Å². The molecule has 0 radical (unpaired) electrons. The van der Waals surface area contributed by atoms with Gasteiger partial charge in [-0.25, -0.2) is 0 Å². The summed E-state index contributed by atoms with van der Waals surface area (Å²) in [6.45, 7) is 13.0. The van der Waals surface area contributed by atoms with E-state index in [9.17, 15) is 4.79 Å². The zero-order chi connectivity index (χ0) is 14.8. The van der Waals surface area contributed by atoms with Crippen LogP contribution in [0.2, 0.25) is 0 Å². The number of hydrogen-bond acceptors (Lipinski definition) is 1. The van der Waals surface area contributed by atoms with Crippen molar-refractivity contribution in [1.82, 2.24) is 4.90 Å². The van der Waals surface area contributed by atoms with Crippen LogP contribution in [0.25, 0.3) is 0 Å². The van der Waals surface area contributed by atoms with Gasteiger partial charge in [-0.3, -0.25) is 4.79 Å². The van der Waals surface area contributed by atoms with Gasteiger partial charge in [0.1, 0.15) is 0 Å². The Morgan fingerprint density at radius 2 is 1.79 bits per heavy atom. The van der Waals surface area contributed by atoms with E-state index in [1.807, 2.05) is 25.7 Å². The molecule has 0 N–H and O–H groups in total. The van der Waals surface area contributed by atoms with E-state index in [2.05, 4.69) is 32.9 Å². The third-order valence-corrected chi connectivity index (χ3v) is 2.94. The first kappa shape index (κ1) is 17.7. The molecule has 0 aromatic carbocycles. The van der Waals surface area contributed by atoms with Crippen molar-refractivity contribution in [3.8, 4) is 0 Å². The molecule has 0 saturated heterocycles. The summed E-state index contributed by atoms with van der Waals surface area (Å²) in [5.41, 5.74) is 2.70. The molecule has 0 aliphatic rings. The molecule has 19 heavy (non-hydrogen) atoms. The van der Waals surface area contributed by atoms with Crippen LogP contribution in [0.15, 0.2) is 35.5 Å². The summed E-state index contributed by atoms with van der Waals surface area (Å²) in [6, 6.07) is 0.227. The number of hydrogen-bond donors (Lipinski definition) is 0. The summed E-state index contributed by atoms with van der Waals surface area (Å²) in [5.74, 6) is 0.0887. The van der Waals surface area contributed by atoms with Crippen LogP contribution < -0.4 is 0 Å². The second-order valence-corrected chi connectivity index (χ2v) is 5.45. The van der Waals surface area contributed by atoms with E-state index in [1.54, 1.807) is 12.2 Å². The van der Waals surface area contributed by atoms with Gasteiger partial charge < -0.3 is 4.90 Å². The van der Waals surface area contributed by atoms with E-state index in [-0.39, 0.29) is 11.9 Å². The molecule has 0 aromatic heterocycles. The van der Waals surface area contributed by atoms with Crippen molar-refractivity contribution >= 4 is 5.91 Å². The minimum absolute atomic E-state index is 0.0887. The summed E-state index contributed by atoms with van der Waals surface area (Å²) >= 11 is 0. The van der Waals surface area contributed by atoms with Crippen LogP contribution in [0.3, 0.4) is 0 Å². The predicted octanol–water partition coefficient (Wildman–Crippen LogP) is 4.49. The summed E-state index contributed by atoms with van der Waals surface area (Å²) < 4.78 is 0. The third-order valence-electron chi connectivity index (χ3n) is 2.94. The van der Waals surface area contributed by atoms with E-state index < -0.39 is 0 Å². The standard InChI is InChI=1S/C17H29NO/c1-7-9-17(19)18(15(4)5)13-12-16(6)11-8-10-14(2)3/h7,9-10,12,15H,8,11,13H2,1-6H3/b9-7+,16-12-. The van der Waals surface area contributed by atoms with Crippen LogP contribution in [0.5, 0.6) is 0 Å². The lowest BCUT2D eigenvalue weighted by molar-refractivity contribution is -0.127. The highest BCUT2D eigenvalue weighted by molar-refractivity contribution is 5.87. The fraction of sp³-hybridized carbons (Fsp3) is 0.588. The smallest absolute Gasteiger partial charge is 0.246 e. The minimum Gasteiger partial charge on any atom is -0.333 e. The normalized spacial score (nSPS) is 12.1. The highest BCUT2D eigenvalue weighted by Crippen LogP contribution is 2.08. The average molecular weight is 263 g/mol. The predicted molar refractivity (Wildman–Crippen MR) is 84.1 cm³/mol. The Bertz CT molecular complexity index is 357. The van der Waals surface area contributed by atoms with Crippen LogP contribution in [-0.2, 0) is 4.79 Å². The largest absolute Gasteiger partial charge is 0.333 e. The zero-order valence-corrected chi connectivity index (χ0v) is 13.4. The van der Waals surface area contributed by atoms with Crippen molar-refractivity contribution < 1.29 is 4.79 Å². The maximum absolute atomic E-state index is 11.9. The van der Waals surface area contributed by atoms with E-state index >= 15 is 0 Å². The second-order valence-electron chi connectivity index (χ2n) is 5.45. The molecule has 0 aromatic rings. The van der Waals surface area contributed by atoms with Gasteiger partial charge in [0.25, 0.3) is 0 Å².